The van der Waals surface area contributed by atoms with Crippen LogP contribution in [0.25, 0.3) is 0 Å². The van der Waals surface area contributed by atoms with E-state index in [2.05, 4.69) is 0 Å². The van der Waals surface area contributed by atoms with Crippen molar-refractivity contribution >= 4 is 19.8 Å². The van der Waals surface area contributed by atoms with E-state index >= 15 is 0 Å². The molecule has 8 nitrogen and oxygen atoms in total. The largest absolute Gasteiger partial charge is 0.466 e. The molecule has 5 N–H and O–H groups in total. The van der Waals surface area contributed by atoms with E-state index in [0.29, 0.717) is 0 Å². The zero-order valence-electron chi connectivity index (χ0n) is 5.96. The van der Waals surface area contributed by atoms with Crippen LogP contribution in [0.5, 0.6) is 0 Å². The summed E-state index contributed by atoms with van der Waals surface area (Å²) in [6, 6.07) is 0. The van der Waals surface area contributed by atoms with E-state index in [1.54, 1.807) is 5.32 Å². The summed E-state index contributed by atoms with van der Waals surface area (Å²) < 4.78 is 8.88. The van der Waals surface area contributed by atoms with Gasteiger partial charge in [-0.1, -0.05) is 0 Å². The third-order valence-electron chi connectivity index (χ3n) is 0.283. The van der Waals surface area contributed by atoms with Crippen LogP contribution in [-0.4, -0.2) is 31.8 Å². The number of carbonyl (C=O) groups excluding carboxylic acids is 1. The smallest absolute Gasteiger partial charge is 0.465 e. The lowest BCUT2D eigenvalue weighted by atomic mass is 10.7. The van der Waals surface area contributed by atoms with Crippen LogP contribution < -0.4 is 5.32 Å². The van der Waals surface area contributed by atoms with Crippen molar-refractivity contribution in [1.82, 2.24) is 5.32 Å². The maximum Gasteiger partial charge on any atom is 0.466 e. The standard InChI is InChI=1S/C3H5NO3.H3O4P/c1-2(5)4-3(6)7;1-5(2,3)4/h1H3,(H,4,5)(H,6,7);(H3,1,2,3,4). The molecule has 2 amide bonds. The molecule has 12 heavy (non-hydrogen) atoms. The number of rotatable bonds is 0. The SMILES string of the molecule is CC(=O)NC(=O)O.O=P(O)(O)O. The molecule has 0 aliphatic rings. The summed E-state index contributed by atoms with van der Waals surface area (Å²) in [4.78, 5) is 40.8. The lowest BCUT2D eigenvalue weighted by Gasteiger charge is -1.86. The molecule has 0 spiro atoms. The van der Waals surface area contributed by atoms with Gasteiger partial charge < -0.3 is 19.8 Å². The fourth-order valence-corrected chi connectivity index (χ4v) is 0.151. The van der Waals surface area contributed by atoms with Crippen LogP contribution >= 0.6 is 7.82 Å². The van der Waals surface area contributed by atoms with E-state index in [-0.39, 0.29) is 0 Å². The minimum absolute atomic E-state index is 0.562. The molecule has 0 rings (SSSR count). The van der Waals surface area contributed by atoms with Gasteiger partial charge in [0.1, 0.15) is 0 Å². The highest BCUT2D eigenvalue weighted by molar-refractivity contribution is 7.45. The van der Waals surface area contributed by atoms with Crippen LogP contribution in [0.3, 0.4) is 0 Å². The average molecular weight is 201 g/mol. The fourth-order valence-electron chi connectivity index (χ4n) is 0.151. The van der Waals surface area contributed by atoms with Crippen LogP contribution in [0.15, 0.2) is 0 Å². The van der Waals surface area contributed by atoms with E-state index < -0.39 is 19.8 Å². The number of imide groups is 1. The molecule has 0 radical (unpaired) electrons. The van der Waals surface area contributed by atoms with E-state index in [4.69, 9.17) is 24.4 Å². The van der Waals surface area contributed by atoms with Gasteiger partial charge in [0, 0.05) is 6.92 Å². The molecule has 0 bridgehead atoms. The summed E-state index contributed by atoms with van der Waals surface area (Å²) in [5.74, 6) is -0.562. The number of amides is 2. The maximum absolute atomic E-state index is 9.76. The van der Waals surface area contributed by atoms with Gasteiger partial charge in [-0.15, -0.1) is 0 Å². The number of phosphoric acid groups is 1. The van der Waals surface area contributed by atoms with Crippen molar-refractivity contribution in [2.24, 2.45) is 0 Å². The van der Waals surface area contributed by atoms with E-state index in [0.717, 1.165) is 6.92 Å². The Hall–Kier alpha value is -0.950. The summed E-state index contributed by atoms with van der Waals surface area (Å²) in [6.07, 6.45) is -1.31. The van der Waals surface area contributed by atoms with Crippen molar-refractivity contribution in [3.8, 4) is 0 Å². The minimum atomic E-state index is -4.64. The highest BCUT2D eigenvalue weighted by Crippen LogP contribution is 2.25. The van der Waals surface area contributed by atoms with Gasteiger partial charge in [-0.05, 0) is 0 Å². The molecule has 9 heteroatoms. The lowest BCUT2D eigenvalue weighted by molar-refractivity contribution is -0.118. The first-order valence-corrected chi connectivity index (χ1v) is 3.98. The Kier molecular flexibility index (Phi) is 6.44. The molecule has 72 valence electrons. The van der Waals surface area contributed by atoms with Crippen LogP contribution in [0, 0.1) is 0 Å². The van der Waals surface area contributed by atoms with Gasteiger partial charge >= 0.3 is 13.9 Å². The Morgan fingerprint density at radius 2 is 1.50 bits per heavy atom. The highest BCUT2D eigenvalue weighted by atomic mass is 31.2. The third-order valence-corrected chi connectivity index (χ3v) is 0.283. The summed E-state index contributed by atoms with van der Waals surface area (Å²) in [6.45, 7) is 1.13. The predicted octanol–water partition coefficient (Wildman–Crippen LogP) is -1.13. The zero-order valence-corrected chi connectivity index (χ0v) is 6.86. The quantitative estimate of drug-likeness (QED) is 0.312. The Labute approximate surface area is 67.1 Å². The molecule has 0 aromatic carbocycles. The van der Waals surface area contributed by atoms with Gasteiger partial charge in [0.15, 0.2) is 0 Å². The van der Waals surface area contributed by atoms with Crippen molar-refractivity contribution in [2.75, 3.05) is 0 Å². The van der Waals surface area contributed by atoms with Gasteiger partial charge in [0.2, 0.25) is 5.91 Å². The molecule has 0 aliphatic heterocycles. The van der Waals surface area contributed by atoms with E-state index in [1.165, 1.54) is 0 Å². The zero-order chi connectivity index (χ0) is 10.4. The Morgan fingerprint density at radius 1 is 1.25 bits per heavy atom. The van der Waals surface area contributed by atoms with Gasteiger partial charge in [-0.3, -0.25) is 10.1 Å². The number of hydrogen-bond acceptors (Lipinski definition) is 3. The maximum atomic E-state index is 9.76. The molecule has 0 saturated carbocycles. The topological polar surface area (TPSA) is 144 Å². The van der Waals surface area contributed by atoms with Gasteiger partial charge in [0.25, 0.3) is 0 Å². The predicted molar refractivity (Wildman–Crippen MR) is 36.1 cm³/mol. The molecular weight excluding hydrogens is 193 g/mol. The Bertz CT molecular complexity index is 186. The average Bonchev–Trinajstić information content (AvgIpc) is 1.52. The number of carboxylic acid groups (broad SMARTS) is 1. The number of hydrogen-bond donors (Lipinski definition) is 5. The second kappa shape index (κ2) is 5.67. The molecule has 0 saturated heterocycles. The monoisotopic (exact) mass is 201 g/mol. The van der Waals surface area contributed by atoms with Crippen LogP contribution in [-0.2, 0) is 9.36 Å². The van der Waals surface area contributed by atoms with Gasteiger partial charge in [0.05, 0.1) is 0 Å². The summed E-state index contributed by atoms with van der Waals surface area (Å²) >= 11 is 0. The second-order valence-corrected chi connectivity index (χ2v) is 2.53. The van der Waals surface area contributed by atoms with E-state index in [1.807, 2.05) is 0 Å². The molecule has 0 unspecified atom stereocenters. The van der Waals surface area contributed by atoms with Gasteiger partial charge in [-0.2, -0.15) is 0 Å². The molecule has 0 aliphatic carbocycles. The van der Waals surface area contributed by atoms with Crippen molar-refractivity contribution in [3.63, 3.8) is 0 Å². The summed E-state index contributed by atoms with van der Waals surface area (Å²) in [5, 5.41) is 9.34. The van der Waals surface area contributed by atoms with E-state index in [9.17, 15) is 9.59 Å². The first-order chi connectivity index (χ1) is 5.13. The first kappa shape index (κ1) is 13.6. The summed E-state index contributed by atoms with van der Waals surface area (Å²) in [7, 11) is -4.64. The second-order valence-electron chi connectivity index (χ2n) is 1.50. The highest BCUT2D eigenvalue weighted by Gasteiger charge is 2.00. The van der Waals surface area contributed by atoms with Crippen molar-refractivity contribution in [2.45, 2.75) is 6.92 Å². The lowest BCUT2D eigenvalue weighted by Crippen LogP contribution is -2.25. The van der Waals surface area contributed by atoms with Crippen LogP contribution in [0.2, 0.25) is 0 Å². The third kappa shape index (κ3) is 63.0. The van der Waals surface area contributed by atoms with Crippen molar-refractivity contribution in [3.05, 3.63) is 0 Å². The molecular formula is C3H8NO7P. The minimum Gasteiger partial charge on any atom is -0.465 e. The number of carbonyl (C=O) groups is 2. The van der Waals surface area contributed by atoms with Crippen LogP contribution in [0.4, 0.5) is 4.79 Å². The Morgan fingerprint density at radius 3 is 1.50 bits per heavy atom. The van der Waals surface area contributed by atoms with Gasteiger partial charge in [-0.25, -0.2) is 9.36 Å². The Balaban J connectivity index is 0. The first-order valence-electron chi connectivity index (χ1n) is 2.41. The van der Waals surface area contributed by atoms with Crippen LogP contribution in [0.1, 0.15) is 6.92 Å². The molecule has 0 aromatic rings. The molecule has 0 heterocycles. The molecule has 0 fully saturated rings. The van der Waals surface area contributed by atoms with Crippen molar-refractivity contribution in [1.29, 1.82) is 0 Å². The molecule has 0 atom stereocenters. The molecule has 0 aromatic heterocycles. The van der Waals surface area contributed by atoms with Crippen molar-refractivity contribution < 1.29 is 33.9 Å². The number of nitrogens with one attached hydrogen (secondary N) is 1. The normalized spacial score (nSPS) is 9.33. The summed E-state index contributed by atoms with van der Waals surface area (Å²) in [5.41, 5.74) is 0. The fraction of sp³-hybridized carbons (Fsp3) is 0.333.